The van der Waals surface area contributed by atoms with E-state index in [1.807, 2.05) is 13.0 Å². The van der Waals surface area contributed by atoms with Gasteiger partial charge in [-0.2, -0.15) is 0 Å². The summed E-state index contributed by atoms with van der Waals surface area (Å²) in [4.78, 5) is 26.6. The second-order valence-corrected chi connectivity index (χ2v) is 3.87. The fourth-order valence-electron chi connectivity index (χ4n) is 1.49. The highest BCUT2D eigenvalue weighted by molar-refractivity contribution is 5.96. The van der Waals surface area contributed by atoms with E-state index >= 15 is 0 Å². The number of hydrogen-bond donors (Lipinski definition) is 0. The summed E-state index contributed by atoms with van der Waals surface area (Å²) >= 11 is 0. The molecule has 1 aromatic rings. The summed E-state index contributed by atoms with van der Waals surface area (Å²) in [5.74, 6) is 0.232. The highest BCUT2D eigenvalue weighted by Gasteiger charge is 2.07. The molecule has 0 bridgehead atoms. The number of hydrogen-bond acceptors (Lipinski definition) is 3. The number of rotatable bonds is 6. The third-order valence-corrected chi connectivity index (χ3v) is 2.43. The van der Waals surface area contributed by atoms with Gasteiger partial charge in [0.25, 0.3) is 0 Å². The summed E-state index contributed by atoms with van der Waals surface area (Å²) in [5, 5.41) is 0. The molecule has 0 unspecified atom stereocenters. The van der Waals surface area contributed by atoms with Gasteiger partial charge in [-0.1, -0.05) is 6.92 Å². The quantitative estimate of drug-likeness (QED) is 0.691. The van der Waals surface area contributed by atoms with Crippen molar-refractivity contribution in [2.45, 2.75) is 39.5 Å². The number of nitrogens with zero attached hydrogens (tertiary/aromatic N) is 1. The molecule has 1 heterocycles. The smallest absolute Gasteiger partial charge is 0.163 e. The summed E-state index contributed by atoms with van der Waals surface area (Å²) in [5.41, 5.74) is 1.63. The van der Waals surface area contributed by atoms with Crippen LogP contribution in [-0.4, -0.2) is 16.6 Å². The summed E-state index contributed by atoms with van der Waals surface area (Å²) in [6.07, 6.45) is 4.05. The van der Waals surface area contributed by atoms with Crippen molar-refractivity contribution in [1.29, 1.82) is 0 Å². The van der Waals surface area contributed by atoms with Crippen LogP contribution in [-0.2, 0) is 11.2 Å². The third-order valence-electron chi connectivity index (χ3n) is 2.43. The maximum atomic E-state index is 11.8. The van der Waals surface area contributed by atoms with Crippen molar-refractivity contribution in [2.75, 3.05) is 0 Å². The van der Waals surface area contributed by atoms with Crippen LogP contribution in [0.5, 0.6) is 0 Å². The minimum absolute atomic E-state index is 0.0957. The van der Waals surface area contributed by atoms with E-state index < -0.39 is 0 Å². The van der Waals surface area contributed by atoms with Gasteiger partial charge < -0.3 is 4.79 Å². The Labute approximate surface area is 95.9 Å². The Morgan fingerprint density at radius 3 is 2.69 bits per heavy atom. The van der Waals surface area contributed by atoms with Crippen molar-refractivity contribution in [3.05, 3.63) is 29.6 Å². The Hall–Kier alpha value is -1.51. The molecule has 3 nitrogen and oxygen atoms in total. The lowest BCUT2D eigenvalue weighted by Gasteiger charge is -2.02. The minimum Gasteiger partial charge on any atom is -0.300 e. The largest absolute Gasteiger partial charge is 0.300 e. The number of carbonyl (C=O) groups is 2. The van der Waals surface area contributed by atoms with Crippen LogP contribution in [0.3, 0.4) is 0 Å². The Balaban J connectivity index is 2.55. The second kappa shape index (κ2) is 6.16. The van der Waals surface area contributed by atoms with Crippen LogP contribution >= 0.6 is 0 Å². The molecule has 1 rings (SSSR count). The average molecular weight is 219 g/mol. The van der Waals surface area contributed by atoms with Crippen molar-refractivity contribution in [3.8, 4) is 0 Å². The molecule has 3 heteroatoms. The van der Waals surface area contributed by atoms with Gasteiger partial charge in [0.2, 0.25) is 0 Å². The zero-order chi connectivity index (χ0) is 12.0. The first-order valence-electron chi connectivity index (χ1n) is 5.61. The van der Waals surface area contributed by atoms with E-state index in [1.54, 1.807) is 19.2 Å². The first kappa shape index (κ1) is 12.6. The van der Waals surface area contributed by atoms with Crippen molar-refractivity contribution in [1.82, 2.24) is 4.98 Å². The first-order chi connectivity index (χ1) is 7.63. The van der Waals surface area contributed by atoms with Gasteiger partial charge in [0.15, 0.2) is 5.78 Å². The van der Waals surface area contributed by atoms with E-state index in [9.17, 15) is 9.59 Å². The maximum Gasteiger partial charge on any atom is 0.163 e. The molecule has 0 aliphatic heterocycles. The van der Waals surface area contributed by atoms with E-state index in [0.717, 1.165) is 12.1 Å². The van der Waals surface area contributed by atoms with Gasteiger partial charge in [0.05, 0.1) is 0 Å². The van der Waals surface area contributed by atoms with Gasteiger partial charge in [0.1, 0.15) is 5.78 Å². The lowest BCUT2D eigenvalue weighted by atomic mass is 10.0. The molecule has 1 aromatic heterocycles. The van der Waals surface area contributed by atoms with E-state index in [0.29, 0.717) is 24.8 Å². The minimum atomic E-state index is 0.0957. The zero-order valence-corrected chi connectivity index (χ0v) is 9.82. The molecule has 16 heavy (non-hydrogen) atoms. The number of aromatic nitrogens is 1. The van der Waals surface area contributed by atoms with Crippen LogP contribution in [0.2, 0.25) is 0 Å². The normalized spacial score (nSPS) is 10.1. The fraction of sp³-hybridized carbons (Fsp3) is 0.462. The molecule has 0 amide bonds. The Bertz CT molecular complexity index is 385. The maximum absolute atomic E-state index is 11.8. The van der Waals surface area contributed by atoms with Crippen LogP contribution in [0, 0.1) is 0 Å². The summed E-state index contributed by atoms with van der Waals surface area (Å²) in [6.45, 7) is 3.55. The monoisotopic (exact) mass is 219 g/mol. The van der Waals surface area contributed by atoms with Gasteiger partial charge >= 0.3 is 0 Å². The van der Waals surface area contributed by atoms with Crippen molar-refractivity contribution < 1.29 is 9.59 Å². The molecule has 0 fully saturated rings. The Kier molecular flexibility index (Phi) is 4.83. The molecule has 0 N–H and O–H groups in total. The molecule has 0 aliphatic carbocycles. The van der Waals surface area contributed by atoms with E-state index in [1.165, 1.54) is 0 Å². The van der Waals surface area contributed by atoms with Crippen LogP contribution in [0.1, 0.15) is 49.2 Å². The van der Waals surface area contributed by atoms with Gasteiger partial charge in [-0.05, 0) is 31.9 Å². The topological polar surface area (TPSA) is 47.0 Å². The fourth-order valence-corrected chi connectivity index (χ4v) is 1.49. The van der Waals surface area contributed by atoms with Gasteiger partial charge in [0, 0.05) is 30.3 Å². The number of ketones is 2. The third kappa shape index (κ3) is 3.93. The van der Waals surface area contributed by atoms with Crippen LogP contribution in [0.4, 0.5) is 0 Å². The first-order valence-corrected chi connectivity index (χ1v) is 5.61. The molecule has 0 radical (unpaired) electrons. The Morgan fingerprint density at radius 1 is 1.31 bits per heavy atom. The summed E-state index contributed by atoms with van der Waals surface area (Å²) in [6, 6.07) is 3.56. The van der Waals surface area contributed by atoms with E-state index in [4.69, 9.17) is 0 Å². The number of carbonyl (C=O) groups excluding carboxylic acids is 2. The SMILES string of the molecule is CCc1cc(C(=O)CCCC(C)=O)ccn1. The molecule has 0 aliphatic rings. The molecular formula is C13H17NO2. The van der Waals surface area contributed by atoms with E-state index in [2.05, 4.69) is 4.98 Å². The molecule has 0 aromatic carbocycles. The molecule has 0 atom stereocenters. The van der Waals surface area contributed by atoms with Gasteiger partial charge in [-0.3, -0.25) is 9.78 Å². The Morgan fingerprint density at radius 2 is 2.06 bits per heavy atom. The second-order valence-electron chi connectivity index (χ2n) is 3.87. The summed E-state index contributed by atoms with van der Waals surface area (Å²) < 4.78 is 0. The van der Waals surface area contributed by atoms with Gasteiger partial charge in [-0.15, -0.1) is 0 Å². The highest BCUT2D eigenvalue weighted by Crippen LogP contribution is 2.08. The average Bonchev–Trinajstić information content (AvgIpc) is 2.28. The molecule has 0 saturated carbocycles. The zero-order valence-electron chi connectivity index (χ0n) is 9.82. The number of Topliss-reactive ketones (excluding diaryl/α,β-unsaturated/α-hetero) is 2. The standard InChI is InChI=1S/C13H17NO2/c1-3-12-9-11(7-8-14-12)13(16)6-4-5-10(2)15/h7-9H,3-6H2,1-2H3. The highest BCUT2D eigenvalue weighted by atomic mass is 16.1. The number of aryl methyl sites for hydroxylation is 1. The lowest BCUT2D eigenvalue weighted by Crippen LogP contribution is -2.02. The van der Waals surface area contributed by atoms with Crippen molar-refractivity contribution in [2.24, 2.45) is 0 Å². The predicted molar refractivity (Wildman–Crippen MR) is 62.5 cm³/mol. The number of pyridine rings is 1. The van der Waals surface area contributed by atoms with Crippen molar-refractivity contribution in [3.63, 3.8) is 0 Å². The van der Waals surface area contributed by atoms with Crippen LogP contribution < -0.4 is 0 Å². The van der Waals surface area contributed by atoms with Crippen LogP contribution in [0.15, 0.2) is 18.3 Å². The molecular weight excluding hydrogens is 202 g/mol. The summed E-state index contributed by atoms with van der Waals surface area (Å²) in [7, 11) is 0. The van der Waals surface area contributed by atoms with E-state index in [-0.39, 0.29) is 11.6 Å². The lowest BCUT2D eigenvalue weighted by molar-refractivity contribution is -0.117. The van der Waals surface area contributed by atoms with Gasteiger partial charge in [-0.25, -0.2) is 0 Å². The van der Waals surface area contributed by atoms with Crippen molar-refractivity contribution >= 4 is 11.6 Å². The molecule has 0 spiro atoms. The van der Waals surface area contributed by atoms with Crippen LogP contribution in [0.25, 0.3) is 0 Å². The molecule has 86 valence electrons. The predicted octanol–water partition coefficient (Wildman–Crippen LogP) is 2.59. The molecule has 0 saturated heterocycles.